The molecule has 8 nitrogen and oxygen atoms in total. The van der Waals surface area contributed by atoms with Crippen LogP contribution in [0.2, 0.25) is 0 Å². The van der Waals surface area contributed by atoms with Crippen molar-refractivity contribution < 1.29 is 14.5 Å². The van der Waals surface area contributed by atoms with E-state index in [1.807, 2.05) is 13.8 Å². The van der Waals surface area contributed by atoms with E-state index in [0.29, 0.717) is 10.2 Å². The Hall–Kier alpha value is -3.07. The molecule has 0 bridgehead atoms. The Labute approximate surface area is 151 Å². The fraction of sp³-hybridized carbons (Fsp3) is 0.235. The second kappa shape index (κ2) is 6.68. The van der Waals surface area contributed by atoms with Crippen LogP contribution in [0.4, 0.5) is 5.69 Å². The molecule has 0 fully saturated rings. The third-order valence-electron chi connectivity index (χ3n) is 4.02. The third kappa shape index (κ3) is 3.21. The van der Waals surface area contributed by atoms with Crippen molar-refractivity contribution in [1.29, 1.82) is 0 Å². The molecule has 0 radical (unpaired) electrons. The Morgan fingerprint density at radius 1 is 1.38 bits per heavy atom. The molecule has 1 N–H and O–H groups in total. The van der Waals surface area contributed by atoms with Crippen molar-refractivity contribution in [2.24, 2.45) is 0 Å². The first-order valence-corrected chi connectivity index (χ1v) is 8.55. The lowest BCUT2D eigenvalue weighted by Crippen LogP contribution is -2.17. The fourth-order valence-corrected chi connectivity index (χ4v) is 3.53. The van der Waals surface area contributed by atoms with E-state index in [1.165, 1.54) is 29.5 Å². The van der Waals surface area contributed by atoms with Gasteiger partial charge in [0.15, 0.2) is 11.9 Å². The number of H-pyrrole nitrogens is 1. The highest BCUT2D eigenvalue weighted by Crippen LogP contribution is 2.27. The minimum absolute atomic E-state index is 0.0530. The minimum Gasteiger partial charge on any atom is -0.451 e. The molecular formula is C17H15N3O5S. The number of esters is 1. The van der Waals surface area contributed by atoms with Gasteiger partial charge < -0.3 is 9.72 Å². The maximum Gasteiger partial charge on any atom is 0.339 e. The number of hydrogen-bond donors (Lipinski definition) is 1. The van der Waals surface area contributed by atoms with Gasteiger partial charge in [-0.05, 0) is 32.4 Å². The number of carbonyl (C=O) groups is 1. The number of benzene rings is 1. The number of ether oxygens (including phenoxy) is 1. The second-order valence-corrected chi connectivity index (χ2v) is 6.97. The number of thiophene rings is 1. The van der Waals surface area contributed by atoms with Crippen LogP contribution in [-0.4, -0.2) is 20.9 Å². The van der Waals surface area contributed by atoms with Crippen LogP contribution in [0.15, 0.2) is 29.1 Å². The zero-order valence-corrected chi connectivity index (χ0v) is 15.0. The molecule has 3 aromatic rings. The van der Waals surface area contributed by atoms with Crippen LogP contribution in [0.5, 0.6) is 0 Å². The highest BCUT2D eigenvalue weighted by atomic mass is 32.1. The van der Waals surface area contributed by atoms with E-state index in [2.05, 4.69) is 9.97 Å². The minimum atomic E-state index is -0.818. The van der Waals surface area contributed by atoms with Crippen LogP contribution in [0.25, 0.3) is 10.2 Å². The van der Waals surface area contributed by atoms with Gasteiger partial charge in [-0.1, -0.05) is 6.07 Å². The number of nitrogens with one attached hydrogen (secondary N) is 1. The number of nitro groups is 1. The quantitative estimate of drug-likeness (QED) is 0.425. The van der Waals surface area contributed by atoms with Crippen molar-refractivity contribution in [1.82, 2.24) is 9.97 Å². The summed E-state index contributed by atoms with van der Waals surface area (Å²) in [5.74, 6) is -0.509. The van der Waals surface area contributed by atoms with Crippen molar-refractivity contribution in [2.45, 2.75) is 26.9 Å². The van der Waals surface area contributed by atoms with Crippen LogP contribution in [-0.2, 0) is 4.74 Å². The molecule has 9 heteroatoms. The van der Waals surface area contributed by atoms with E-state index < -0.39 is 17.0 Å². The molecule has 0 amide bonds. The summed E-state index contributed by atoms with van der Waals surface area (Å²) in [4.78, 5) is 43.4. The zero-order valence-electron chi connectivity index (χ0n) is 14.2. The lowest BCUT2D eigenvalue weighted by Gasteiger charge is -2.12. The van der Waals surface area contributed by atoms with E-state index in [0.717, 1.165) is 16.5 Å². The molecule has 2 heterocycles. The SMILES string of the molecule is Cc1sc2nc([C@@H](C)OC(=O)c3cccc([N+](=O)[O-])c3)[nH]c(=O)c2c1C. The predicted molar refractivity (Wildman–Crippen MR) is 96.6 cm³/mol. The van der Waals surface area contributed by atoms with Gasteiger partial charge in [-0.2, -0.15) is 0 Å². The average Bonchev–Trinajstić information content (AvgIpc) is 2.89. The lowest BCUT2D eigenvalue weighted by atomic mass is 10.2. The number of hydrogen-bond acceptors (Lipinski definition) is 7. The van der Waals surface area contributed by atoms with E-state index in [4.69, 9.17) is 4.74 Å². The predicted octanol–water partition coefficient (Wildman–Crippen LogP) is 3.43. The normalized spacial score (nSPS) is 12.1. The van der Waals surface area contributed by atoms with Crippen molar-refractivity contribution in [3.8, 4) is 0 Å². The van der Waals surface area contributed by atoms with Crippen molar-refractivity contribution in [2.75, 3.05) is 0 Å². The number of aromatic nitrogens is 2. The third-order valence-corrected chi connectivity index (χ3v) is 5.12. The molecule has 0 aliphatic carbocycles. The maximum absolute atomic E-state index is 12.3. The van der Waals surface area contributed by atoms with Crippen LogP contribution < -0.4 is 5.56 Å². The summed E-state index contributed by atoms with van der Waals surface area (Å²) in [7, 11) is 0. The summed E-state index contributed by atoms with van der Waals surface area (Å²) in [6.45, 7) is 5.34. The standard InChI is InChI=1S/C17H15N3O5S/c1-8-10(3)26-16-13(8)15(21)18-14(19-16)9(2)25-17(22)11-5-4-6-12(7-11)20(23)24/h4-7,9H,1-3H3,(H,18,19,21)/t9-/m1/s1. The molecular weight excluding hydrogens is 358 g/mol. The fourth-order valence-electron chi connectivity index (χ4n) is 2.49. The summed E-state index contributed by atoms with van der Waals surface area (Å²) >= 11 is 1.40. The Balaban J connectivity index is 1.88. The summed E-state index contributed by atoms with van der Waals surface area (Å²) in [5.41, 5.74) is 0.443. The first kappa shape index (κ1) is 17.7. The van der Waals surface area contributed by atoms with Crippen molar-refractivity contribution in [3.63, 3.8) is 0 Å². The van der Waals surface area contributed by atoms with Gasteiger partial charge >= 0.3 is 5.97 Å². The monoisotopic (exact) mass is 373 g/mol. The highest BCUT2D eigenvalue weighted by molar-refractivity contribution is 7.18. The van der Waals surface area contributed by atoms with Gasteiger partial charge in [0, 0.05) is 17.0 Å². The number of aromatic amines is 1. The van der Waals surface area contributed by atoms with Crippen molar-refractivity contribution >= 4 is 33.2 Å². The Morgan fingerprint density at radius 3 is 2.81 bits per heavy atom. The average molecular weight is 373 g/mol. The summed E-state index contributed by atoms with van der Waals surface area (Å²) in [6, 6.07) is 5.26. The van der Waals surface area contributed by atoms with E-state index in [1.54, 1.807) is 6.92 Å². The number of fused-ring (bicyclic) bond motifs is 1. The van der Waals surface area contributed by atoms with Gasteiger partial charge in [0.2, 0.25) is 0 Å². The van der Waals surface area contributed by atoms with Crippen molar-refractivity contribution in [3.05, 3.63) is 66.6 Å². The summed E-state index contributed by atoms with van der Waals surface area (Å²) < 4.78 is 5.31. The first-order chi connectivity index (χ1) is 12.3. The topological polar surface area (TPSA) is 115 Å². The zero-order chi connectivity index (χ0) is 19.0. The molecule has 0 spiro atoms. The van der Waals surface area contributed by atoms with Crippen LogP contribution >= 0.6 is 11.3 Å². The second-order valence-electron chi connectivity index (χ2n) is 5.77. The first-order valence-electron chi connectivity index (χ1n) is 7.73. The molecule has 0 unspecified atom stereocenters. The molecule has 3 rings (SSSR count). The molecule has 1 atom stereocenters. The molecule has 1 aromatic carbocycles. The van der Waals surface area contributed by atoms with E-state index in [-0.39, 0.29) is 22.6 Å². The Morgan fingerprint density at radius 2 is 2.12 bits per heavy atom. The van der Waals surface area contributed by atoms with Crippen LogP contribution in [0, 0.1) is 24.0 Å². The molecule has 0 aliphatic rings. The van der Waals surface area contributed by atoms with Gasteiger partial charge in [0.25, 0.3) is 11.2 Å². The summed E-state index contributed by atoms with van der Waals surface area (Å²) in [6.07, 6.45) is -0.818. The van der Waals surface area contributed by atoms with Crippen LogP contribution in [0.1, 0.15) is 39.7 Å². The van der Waals surface area contributed by atoms with Gasteiger partial charge in [0.1, 0.15) is 4.83 Å². The van der Waals surface area contributed by atoms with Gasteiger partial charge in [0.05, 0.1) is 15.9 Å². The summed E-state index contributed by atoms with van der Waals surface area (Å²) in [5, 5.41) is 11.4. The lowest BCUT2D eigenvalue weighted by molar-refractivity contribution is -0.384. The molecule has 2 aromatic heterocycles. The largest absolute Gasteiger partial charge is 0.451 e. The smallest absolute Gasteiger partial charge is 0.339 e. The van der Waals surface area contributed by atoms with Gasteiger partial charge in [-0.15, -0.1) is 11.3 Å². The molecule has 134 valence electrons. The molecule has 0 saturated carbocycles. The molecule has 0 saturated heterocycles. The molecule has 26 heavy (non-hydrogen) atoms. The Bertz CT molecular complexity index is 1090. The van der Waals surface area contributed by atoms with E-state index >= 15 is 0 Å². The number of nitro benzene ring substituents is 1. The highest BCUT2D eigenvalue weighted by Gasteiger charge is 2.20. The number of carbonyl (C=O) groups excluding carboxylic acids is 1. The van der Waals surface area contributed by atoms with Crippen LogP contribution in [0.3, 0.4) is 0 Å². The molecule has 0 aliphatic heterocycles. The van der Waals surface area contributed by atoms with Gasteiger partial charge in [-0.3, -0.25) is 14.9 Å². The number of non-ortho nitro benzene ring substituents is 1. The number of rotatable bonds is 4. The number of nitrogens with zero attached hydrogens (tertiary/aromatic N) is 2. The van der Waals surface area contributed by atoms with E-state index in [9.17, 15) is 19.7 Å². The van der Waals surface area contributed by atoms with Gasteiger partial charge in [-0.25, -0.2) is 9.78 Å². The maximum atomic E-state index is 12.3. The number of aryl methyl sites for hydroxylation is 2. The Kier molecular flexibility index (Phi) is 4.56.